The average Bonchev–Trinajstić information content (AvgIpc) is 2.99. The standard InChI is InChI=1S/C23H35NO4Si/c1-18(14-15-28-29(5,6)23(2,3)4)12-13-21(25)24-20(17-27-22(24)26)16-19-10-8-7-9-11-19/h7-11,14,20H,12-13,15-17H2,1-6H3/b18-14+/t20-/m0/s1. The highest BCUT2D eigenvalue weighted by molar-refractivity contribution is 6.74. The molecule has 1 aromatic rings. The molecule has 1 atom stereocenters. The molecule has 0 bridgehead atoms. The van der Waals surface area contributed by atoms with Crippen molar-refractivity contribution in [3.63, 3.8) is 0 Å². The summed E-state index contributed by atoms with van der Waals surface area (Å²) in [7, 11) is -1.77. The number of allylic oxidation sites excluding steroid dienone is 1. The van der Waals surface area contributed by atoms with Crippen molar-refractivity contribution < 1.29 is 18.8 Å². The van der Waals surface area contributed by atoms with Gasteiger partial charge in [0.2, 0.25) is 5.91 Å². The predicted octanol–water partition coefficient (Wildman–Crippen LogP) is 5.32. The molecule has 5 nitrogen and oxygen atoms in total. The smallest absolute Gasteiger partial charge is 0.416 e. The van der Waals surface area contributed by atoms with Crippen LogP contribution in [0.2, 0.25) is 18.1 Å². The molecule has 0 saturated carbocycles. The number of benzene rings is 1. The molecular weight excluding hydrogens is 382 g/mol. The van der Waals surface area contributed by atoms with Crippen LogP contribution in [0.4, 0.5) is 4.79 Å². The molecule has 160 valence electrons. The van der Waals surface area contributed by atoms with Crippen molar-refractivity contribution in [2.24, 2.45) is 0 Å². The van der Waals surface area contributed by atoms with Crippen LogP contribution in [0.1, 0.15) is 46.1 Å². The minimum atomic E-state index is -1.77. The van der Waals surface area contributed by atoms with E-state index < -0.39 is 14.4 Å². The molecule has 1 aromatic carbocycles. The Morgan fingerprint density at radius 2 is 1.90 bits per heavy atom. The van der Waals surface area contributed by atoms with Crippen molar-refractivity contribution in [2.75, 3.05) is 13.2 Å². The fourth-order valence-electron chi connectivity index (χ4n) is 2.94. The minimum Gasteiger partial charge on any atom is -0.447 e. The fraction of sp³-hybridized carbons (Fsp3) is 0.565. The number of cyclic esters (lactones) is 1. The Hall–Kier alpha value is -1.92. The Balaban J connectivity index is 1.87. The second kappa shape index (κ2) is 9.72. The third-order valence-electron chi connectivity index (χ3n) is 5.96. The number of imide groups is 1. The van der Waals surface area contributed by atoms with E-state index in [0.717, 1.165) is 11.1 Å². The van der Waals surface area contributed by atoms with Crippen molar-refractivity contribution in [3.05, 3.63) is 47.5 Å². The molecule has 2 rings (SSSR count). The van der Waals surface area contributed by atoms with Crippen LogP contribution in [-0.2, 0) is 20.4 Å². The fourth-order valence-corrected chi connectivity index (χ4v) is 3.87. The summed E-state index contributed by atoms with van der Waals surface area (Å²) in [6.07, 6.45) is 3.05. The van der Waals surface area contributed by atoms with Crippen LogP contribution < -0.4 is 0 Å². The number of amides is 2. The summed E-state index contributed by atoms with van der Waals surface area (Å²) in [5.41, 5.74) is 2.19. The van der Waals surface area contributed by atoms with E-state index in [4.69, 9.17) is 9.16 Å². The normalized spacial score (nSPS) is 18.1. The Morgan fingerprint density at radius 3 is 2.52 bits per heavy atom. The molecule has 2 amide bonds. The summed E-state index contributed by atoms with van der Waals surface area (Å²) in [6, 6.07) is 9.63. The van der Waals surface area contributed by atoms with E-state index in [0.29, 0.717) is 25.9 Å². The molecular formula is C23H35NO4Si. The first-order valence-electron chi connectivity index (χ1n) is 10.3. The summed E-state index contributed by atoms with van der Waals surface area (Å²) >= 11 is 0. The molecule has 0 spiro atoms. The number of carbonyl (C=O) groups is 2. The van der Waals surface area contributed by atoms with Gasteiger partial charge in [0.05, 0.1) is 12.6 Å². The number of ether oxygens (including phenoxy) is 1. The SMILES string of the molecule is C/C(=C\CO[Si](C)(C)C(C)(C)C)CCC(=O)N1C(=O)OC[C@@H]1Cc1ccccc1. The highest BCUT2D eigenvalue weighted by Crippen LogP contribution is 2.36. The summed E-state index contributed by atoms with van der Waals surface area (Å²) in [6.45, 7) is 13.9. The van der Waals surface area contributed by atoms with Gasteiger partial charge in [0.15, 0.2) is 8.32 Å². The van der Waals surface area contributed by atoms with Crippen molar-refractivity contribution in [2.45, 2.75) is 71.1 Å². The zero-order valence-electron chi connectivity index (χ0n) is 18.7. The molecule has 0 aromatic heterocycles. The van der Waals surface area contributed by atoms with E-state index in [1.54, 1.807) is 0 Å². The van der Waals surface area contributed by atoms with Gasteiger partial charge in [-0.05, 0) is 43.5 Å². The maximum absolute atomic E-state index is 12.7. The van der Waals surface area contributed by atoms with Crippen LogP contribution in [0.15, 0.2) is 42.0 Å². The number of hydrogen-bond donors (Lipinski definition) is 0. The Kier molecular flexibility index (Phi) is 7.83. The molecule has 1 aliphatic rings. The lowest BCUT2D eigenvalue weighted by Crippen LogP contribution is -2.40. The van der Waals surface area contributed by atoms with Gasteiger partial charge in [0.1, 0.15) is 6.61 Å². The van der Waals surface area contributed by atoms with E-state index >= 15 is 0 Å². The first-order chi connectivity index (χ1) is 13.5. The second-order valence-corrected chi connectivity index (χ2v) is 14.1. The first kappa shape index (κ1) is 23.4. The molecule has 6 heteroatoms. The Morgan fingerprint density at radius 1 is 1.24 bits per heavy atom. The lowest BCUT2D eigenvalue weighted by Gasteiger charge is -2.35. The topological polar surface area (TPSA) is 55.8 Å². The van der Waals surface area contributed by atoms with Crippen LogP contribution in [0, 0.1) is 0 Å². The van der Waals surface area contributed by atoms with Gasteiger partial charge < -0.3 is 9.16 Å². The Labute approximate surface area is 176 Å². The molecule has 1 saturated heterocycles. The zero-order valence-corrected chi connectivity index (χ0v) is 19.7. The monoisotopic (exact) mass is 417 g/mol. The summed E-state index contributed by atoms with van der Waals surface area (Å²) in [5, 5.41) is 0.175. The number of hydrogen-bond acceptors (Lipinski definition) is 4. The lowest BCUT2D eigenvalue weighted by atomic mass is 10.1. The van der Waals surface area contributed by atoms with Gasteiger partial charge in [0, 0.05) is 6.42 Å². The lowest BCUT2D eigenvalue weighted by molar-refractivity contribution is -0.129. The molecule has 1 fully saturated rings. The molecule has 0 aliphatic carbocycles. The van der Waals surface area contributed by atoms with Crippen LogP contribution in [0.5, 0.6) is 0 Å². The first-order valence-corrected chi connectivity index (χ1v) is 13.2. The second-order valence-electron chi connectivity index (χ2n) is 9.31. The third kappa shape index (κ3) is 6.54. The molecule has 1 aliphatic heterocycles. The van der Waals surface area contributed by atoms with Crippen LogP contribution in [0.3, 0.4) is 0 Å². The quantitative estimate of drug-likeness (QED) is 0.424. The predicted molar refractivity (Wildman–Crippen MR) is 118 cm³/mol. The van der Waals surface area contributed by atoms with Crippen molar-refractivity contribution >= 4 is 20.3 Å². The van der Waals surface area contributed by atoms with E-state index in [1.165, 1.54) is 4.90 Å². The van der Waals surface area contributed by atoms with Gasteiger partial charge in [-0.15, -0.1) is 0 Å². The maximum Gasteiger partial charge on any atom is 0.416 e. The Bertz CT molecular complexity index is 737. The van der Waals surface area contributed by atoms with Crippen molar-refractivity contribution in [1.29, 1.82) is 0 Å². The summed E-state index contributed by atoms with van der Waals surface area (Å²) < 4.78 is 11.3. The van der Waals surface area contributed by atoms with Gasteiger partial charge in [-0.2, -0.15) is 0 Å². The highest BCUT2D eigenvalue weighted by Gasteiger charge is 2.38. The van der Waals surface area contributed by atoms with Crippen LogP contribution >= 0.6 is 0 Å². The zero-order chi connectivity index (χ0) is 21.7. The average molecular weight is 418 g/mol. The molecule has 0 unspecified atom stereocenters. The number of rotatable bonds is 8. The number of nitrogens with zero attached hydrogens (tertiary/aromatic N) is 1. The van der Waals surface area contributed by atoms with Crippen molar-refractivity contribution in [1.82, 2.24) is 4.90 Å². The van der Waals surface area contributed by atoms with Crippen LogP contribution in [0.25, 0.3) is 0 Å². The van der Waals surface area contributed by atoms with Gasteiger partial charge in [-0.3, -0.25) is 4.79 Å². The van der Waals surface area contributed by atoms with E-state index in [2.05, 4.69) is 39.9 Å². The van der Waals surface area contributed by atoms with Gasteiger partial charge in [-0.25, -0.2) is 9.69 Å². The largest absolute Gasteiger partial charge is 0.447 e. The minimum absolute atomic E-state index is 0.175. The van der Waals surface area contributed by atoms with Gasteiger partial charge in [-0.1, -0.05) is 62.8 Å². The van der Waals surface area contributed by atoms with Gasteiger partial charge >= 0.3 is 6.09 Å². The maximum atomic E-state index is 12.7. The van der Waals surface area contributed by atoms with Crippen molar-refractivity contribution in [3.8, 4) is 0 Å². The third-order valence-corrected chi connectivity index (χ3v) is 10.5. The van der Waals surface area contributed by atoms with E-state index in [-0.39, 0.29) is 23.6 Å². The molecule has 29 heavy (non-hydrogen) atoms. The number of carbonyl (C=O) groups excluding carboxylic acids is 2. The van der Waals surface area contributed by atoms with E-state index in [9.17, 15) is 9.59 Å². The van der Waals surface area contributed by atoms with Crippen LogP contribution in [-0.4, -0.2) is 44.5 Å². The van der Waals surface area contributed by atoms with E-state index in [1.807, 2.05) is 37.3 Å². The molecule has 0 radical (unpaired) electrons. The summed E-state index contributed by atoms with van der Waals surface area (Å²) in [5.74, 6) is -0.175. The van der Waals surface area contributed by atoms with Gasteiger partial charge in [0.25, 0.3) is 0 Å². The molecule has 1 heterocycles. The highest BCUT2D eigenvalue weighted by atomic mass is 28.4. The summed E-state index contributed by atoms with van der Waals surface area (Å²) in [4.78, 5) is 26.1. The molecule has 0 N–H and O–H groups in total.